The van der Waals surface area contributed by atoms with E-state index in [0.29, 0.717) is 0 Å². The lowest BCUT2D eigenvalue weighted by atomic mass is 9.96. The number of thiophene rings is 2. The number of fused-ring (bicyclic) bond motifs is 6. The summed E-state index contributed by atoms with van der Waals surface area (Å²) in [7, 11) is 0. The molecule has 22 rings (SSSR count). The van der Waals surface area contributed by atoms with E-state index in [2.05, 4.69) is 517 Å². The van der Waals surface area contributed by atoms with Gasteiger partial charge in [-0.1, -0.05) is 315 Å². The minimum atomic E-state index is 1.06. The highest BCUT2D eigenvalue weighted by Crippen LogP contribution is 2.47. The van der Waals surface area contributed by atoms with Gasteiger partial charge < -0.3 is 19.6 Å². The molecule has 0 aliphatic carbocycles. The maximum absolute atomic E-state index is 2.36. The van der Waals surface area contributed by atoms with Crippen LogP contribution in [0.4, 0.5) is 68.2 Å². The highest BCUT2D eigenvalue weighted by Gasteiger charge is 2.22. The van der Waals surface area contributed by atoms with Gasteiger partial charge in [-0.25, -0.2) is 0 Å². The van der Waals surface area contributed by atoms with E-state index < -0.39 is 0 Å². The largest absolute Gasteiger partial charge is 0.311 e. The summed E-state index contributed by atoms with van der Waals surface area (Å²) < 4.78 is 5.27. The quantitative estimate of drug-likeness (QED) is 0.0711. The molecular formula is C120H82N4S2. The number of benzene rings is 20. The summed E-state index contributed by atoms with van der Waals surface area (Å²) in [4.78, 5) is 9.40. The second kappa shape index (κ2) is 33.8. The van der Waals surface area contributed by atoms with Crippen LogP contribution in [-0.2, 0) is 0 Å². The Morgan fingerprint density at radius 2 is 0.325 bits per heavy atom. The zero-order valence-corrected chi connectivity index (χ0v) is 70.6. The fourth-order valence-electron chi connectivity index (χ4n) is 17.9. The minimum Gasteiger partial charge on any atom is -0.311 e. The van der Waals surface area contributed by atoms with Crippen molar-refractivity contribution in [1.82, 2.24) is 0 Å². The summed E-state index contributed by atoms with van der Waals surface area (Å²) >= 11 is 3.73. The first-order chi connectivity index (χ1) is 62.4. The molecule has 6 heteroatoms. The van der Waals surface area contributed by atoms with Crippen LogP contribution in [0.25, 0.3) is 140 Å². The van der Waals surface area contributed by atoms with Gasteiger partial charge in [-0.15, -0.1) is 22.7 Å². The Kier molecular flexibility index (Phi) is 20.4. The molecule has 0 aliphatic rings. The number of rotatable bonds is 21. The van der Waals surface area contributed by atoms with Gasteiger partial charge >= 0.3 is 0 Å². The molecule has 0 unspecified atom stereocenters. The SMILES string of the molecule is c1ccc(-c2ccc(N(c3ccc(-c4ccc(N(c5ccccc5)c5ccc(-c6ccc7sc8ccccc8c7c6)cc5)cc4)cc3)c3ccc(-c4cccc(-c5cccc(-c6ccc(N(c7ccc(-c8ccccc8)cc7)c7ccc(-c8ccc(N(c9ccccc9)c9ccc(-c%10cccc%11c%10sc%10ccccc%10%11)cc9)cc8)cc7)cc6)c5)c4)cc3)cc2)cc1. The molecular weight excluding hydrogens is 1560 g/mol. The van der Waals surface area contributed by atoms with Crippen molar-refractivity contribution in [2.24, 2.45) is 0 Å². The topological polar surface area (TPSA) is 13.0 Å². The van der Waals surface area contributed by atoms with Gasteiger partial charge in [0.2, 0.25) is 0 Å². The molecule has 0 aliphatic heterocycles. The molecule has 0 N–H and O–H groups in total. The number of hydrogen-bond acceptors (Lipinski definition) is 6. The molecule has 0 spiro atoms. The first-order valence-corrected chi connectivity index (χ1v) is 44.5. The fourth-order valence-corrected chi connectivity index (χ4v) is 20.2. The average molecular weight is 1640 g/mol. The third-order valence-corrected chi connectivity index (χ3v) is 26.7. The second-order valence-corrected chi connectivity index (χ2v) is 34.1. The van der Waals surface area contributed by atoms with Gasteiger partial charge in [0.15, 0.2) is 0 Å². The van der Waals surface area contributed by atoms with Crippen molar-refractivity contribution in [3.63, 3.8) is 0 Å². The van der Waals surface area contributed by atoms with E-state index in [1.54, 1.807) is 0 Å². The molecule has 0 saturated heterocycles. The normalized spacial score (nSPS) is 11.3. The molecule has 0 radical (unpaired) electrons. The minimum absolute atomic E-state index is 1.06. The Labute approximate surface area is 742 Å². The highest BCUT2D eigenvalue weighted by atomic mass is 32.1. The predicted molar refractivity (Wildman–Crippen MR) is 540 cm³/mol. The molecule has 22 aromatic rings. The van der Waals surface area contributed by atoms with Crippen molar-refractivity contribution >= 4 is 131 Å². The van der Waals surface area contributed by atoms with Crippen molar-refractivity contribution < 1.29 is 0 Å². The Morgan fingerprint density at radius 3 is 0.659 bits per heavy atom. The third-order valence-electron chi connectivity index (χ3n) is 24.3. The molecule has 126 heavy (non-hydrogen) atoms. The first kappa shape index (κ1) is 76.2. The lowest BCUT2D eigenvalue weighted by Gasteiger charge is -2.26. The lowest BCUT2D eigenvalue weighted by Crippen LogP contribution is -2.10. The maximum Gasteiger partial charge on any atom is 0.0462 e. The molecule has 0 bridgehead atoms. The van der Waals surface area contributed by atoms with E-state index in [0.717, 1.165) is 124 Å². The van der Waals surface area contributed by atoms with Gasteiger partial charge in [-0.3, -0.25) is 0 Å². The standard InChI is InChI=1S/C120H82N4S2/c1-5-20-83(21-6-1)85-38-59-105(60-39-85)123(107-67-46-89(47-68-107)87-42-63-102(64-43-87)121(100-28-9-3-10-29-100)104-75-54-93(55-76-104)99-58-79-119-116(82-99)114-33-14-15-36-117(114)125-119)109-71-50-91(51-72-109)95-24-17-26-97(80-95)98-27-18-25-96(81-98)92-52-73-110(74-53-92)124(106-61-40-86(41-62-106)84-22-7-2-8-23-84)108-69-48-90(49-70-108)88-44-65-103(66-45-88)122(101-30-11-4-12-31-101)111-77-56-94(57-78-111)112-34-19-35-115-113-32-13-16-37-118(113)126-120(112)115/h1-82H. The van der Waals surface area contributed by atoms with Crippen LogP contribution in [0.2, 0.25) is 0 Å². The average Bonchev–Trinajstić information content (AvgIpc) is 1.59. The number of hydrogen-bond donors (Lipinski definition) is 0. The monoisotopic (exact) mass is 1640 g/mol. The summed E-state index contributed by atoms with van der Waals surface area (Å²) in [5, 5.41) is 5.24. The van der Waals surface area contributed by atoms with Gasteiger partial charge in [-0.05, 0) is 282 Å². The molecule has 2 heterocycles. The molecule has 2 aromatic heterocycles. The van der Waals surface area contributed by atoms with Crippen molar-refractivity contribution in [2.75, 3.05) is 19.6 Å². The molecule has 0 amide bonds. The molecule has 0 fully saturated rings. The summed E-state index contributed by atoms with van der Waals surface area (Å²) in [6.07, 6.45) is 0. The van der Waals surface area contributed by atoms with Gasteiger partial charge in [0.25, 0.3) is 0 Å². The van der Waals surface area contributed by atoms with Gasteiger partial charge in [-0.2, -0.15) is 0 Å². The second-order valence-electron chi connectivity index (χ2n) is 32.0. The maximum atomic E-state index is 2.36. The van der Waals surface area contributed by atoms with E-state index in [1.165, 1.54) is 84.9 Å². The van der Waals surface area contributed by atoms with Gasteiger partial charge in [0.1, 0.15) is 0 Å². The van der Waals surface area contributed by atoms with E-state index in [-0.39, 0.29) is 0 Å². The molecule has 0 atom stereocenters. The van der Waals surface area contributed by atoms with E-state index in [1.807, 2.05) is 22.7 Å². The smallest absolute Gasteiger partial charge is 0.0462 e. The highest BCUT2D eigenvalue weighted by molar-refractivity contribution is 7.26. The van der Waals surface area contributed by atoms with Crippen LogP contribution in [0.5, 0.6) is 0 Å². The van der Waals surface area contributed by atoms with Crippen molar-refractivity contribution in [3.05, 3.63) is 497 Å². The van der Waals surface area contributed by atoms with Crippen molar-refractivity contribution in [2.45, 2.75) is 0 Å². The van der Waals surface area contributed by atoms with E-state index in [9.17, 15) is 0 Å². The van der Waals surface area contributed by atoms with Crippen LogP contribution >= 0.6 is 22.7 Å². The van der Waals surface area contributed by atoms with Crippen molar-refractivity contribution in [1.29, 1.82) is 0 Å². The summed E-state index contributed by atoms with van der Waals surface area (Å²) in [6.45, 7) is 0. The third kappa shape index (κ3) is 15.2. The summed E-state index contributed by atoms with van der Waals surface area (Å²) in [5.41, 5.74) is 34.0. The molecule has 594 valence electrons. The molecule has 4 nitrogen and oxygen atoms in total. The van der Waals surface area contributed by atoms with Crippen LogP contribution < -0.4 is 19.6 Å². The van der Waals surface area contributed by atoms with Crippen LogP contribution in [-0.4, -0.2) is 0 Å². The van der Waals surface area contributed by atoms with Crippen LogP contribution in [0.3, 0.4) is 0 Å². The number of para-hydroxylation sites is 2. The van der Waals surface area contributed by atoms with Crippen LogP contribution in [0, 0.1) is 0 Å². The van der Waals surface area contributed by atoms with Gasteiger partial charge in [0.05, 0.1) is 0 Å². The van der Waals surface area contributed by atoms with E-state index >= 15 is 0 Å². The summed E-state index contributed by atoms with van der Waals surface area (Å²) in [5.74, 6) is 0. The first-order valence-electron chi connectivity index (χ1n) is 42.9. The Morgan fingerprint density at radius 1 is 0.119 bits per heavy atom. The zero-order chi connectivity index (χ0) is 83.6. The van der Waals surface area contributed by atoms with Gasteiger partial charge in [0, 0.05) is 109 Å². The lowest BCUT2D eigenvalue weighted by molar-refractivity contribution is 1.28. The molecule has 0 saturated carbocycles. The summed E-state index contributed by atoms with van der Waals surface area (Å²) in [6, 6.07) is 181. The van der Waals surface area contributed by atoms with E-state index in [4.69, 9.17) is 0 Å². The zero-order valence-electron chi connectivity index (χ0n) is 68.9. The Hall–Kier alpha value is -16.0. The Balaban J connectivity index is 0.512. The Bertz CT molecular complexity index is 7570. The number of anilines is 12. The fraction of sp³-hybridized carbons (Fsp3) is 0. The van der Waals surface area contributed by atoms with Crippen LogP contribution in [0.15, 0.2) is 497 Å². The van der Waals surface area contributed by atoms with Crippen molar-refractivity contribution in [3.8, 4) is 100 Å². The number of nitrogens with zero attached hydrogens (tertiary/aromatic N) is 4. The predicted octanol–water partition coefficient (Wildman–Crippen LogP) is 35.3. The van der Waals surface area contributed by atoms with Crippen LogP contribution in [0.1, 0.15) is 0 Å². The molecule has 20 aromatic carbocycles.